The monoisotopic (exact) mass is 212 g/mol. The summed E-state index contributed by atoms with van der Waals surface area (Å²) < 4.78 is 17.3. The first kappa shape index (κ1) is 11.5. The van der Waals surface area contributed by atoms with Gasteiger partial charge < -0.3 is 16.2 Å². The summed E-state index contributed by atoms with van der Waals surface area (Å²) in [5.74, 6) is -0.310. The lowest BCUT2D eigenvalue weighted by atomic mass is 10.1. The zero-order chi connectivity index (χ0) is 11.3. The number of carbonyl (C=O) groups excluding carboxylic acids is 1. The van der Waals surface area contributed by atoms with E-state index in [2.05, 4.69) is 4.74 Å². The van der Waals surface area contributed by atoms with Crippen molar-refractivity contribution in [2.24, 2.45) is 11.5 Å². The van der Waals surface area contributed by atoms with E-state index in [1.807, 2.05) is 0 Å². The van der Waals surface area contributed by atoms with E-state index in [4.69, 9.17) is 11.5 Å². The average Bonchev–Trinajstić information content (AvgIpc) is 2.15. The third kappa shape index (κ3) is 4.42. The second-order valence-corrected chi connectivity index (χ2v) is 3.22. The predicted molar refractivity (Wildman–Crippen MR) is 53.6 cm³/mol. The van der Waals surface area contributed by atoms with Crippen LogP contribution in [0.2, 0.25) is 0 Å². The predicted octanol–water partition coefficient (Wildman–Crippen LogP) is 0.791. The largest absolute Gasteiger partial charge is 0.448 e. The van der Waals surface area contributed by atoms with E-state index in [1.54, 1.807) is 12.1 Å². The van der Waals surface area contributed by atoms with Gasteiger partial charge in [0.2, 0.25) is 0 Å². The molecule has 0 saturated heterocycles. The Morgan fingerprint density at radius 1 is 1.53 bits per heavy atom. The smallest absolute Gasteiger partial charge is 0.404 e. The van der Waals surface area contributed by atoms with Crippen molar-refractivity contribution in [1.29, 1.82) is 0 Å². The molecule has 1 aromatic carbocycles. The normalized spacial score (nSPS) is 12.1. The number of hydrogen-bond acceptors (Lipinski definition) is 3. The molecule has 1 rings (SSSR count). The number of hydrogen-bond donors (Lipinski definition) is 2. The fourth-order valence-corrected chi connectivity index (χ4v) is 1.21. The minimum absolute atomic E-state index is 0.0336. The summed E-state index contributed by atoms with van der Waals surface area (Å²) in [6.07, 6.45) is -0.421. The number of nitrogens with two attached hydrogens (primary N) is 2. The highest BCUT2D eigenvalue weighted by molar-refractivity contribution is 5.64. The lowest BCUT2D eigenvalue weighted by molar-refractivity contribution is 0.149. The van der Waals surface area contributed by atoms with Crippen LogP contribution in [-0.4, -0.2) is 18.7 Å². The molecule has 15 heavy (non-hydrogen) atoms. The van der Waals surface area contributed by atoms with Gasteiger partial charge in [-0.2, -0.15) is 0 Å². The molecule has 0 spiro atoms. The Labute approximate surface area is 87.0 Å². The summed E-state index contributed by atoms with van der Waals surface area (Å²) in [4.78, 5) is 10.3. The van der Waals surface area contributed by atoms with Crippen LogP contribution >= 0.6 is 0 Å². The Kier molecular flexibility index (Phi) is 4.05. The molecule has 82 valence electrons. The maximum absolute atomic E-state index is 12.8. The number of carbonyl (C=O) groups is 1. The van der Waals surface area contributed by atoms with Crippen LogP contribution in [0.25, 0.3) is 0 Å². The molecule has 0 aromatic heterocycles. The van der Waals surface area contributed by atoms with Crippen molar-refractivity contribution in [3.63, 3.8) is 0 Å². The molecular formula is C10H13FN2O2. The molecule has 0 saturated carbocycles. The molecule has 5 heteroatoms. The molecule has 1 unspecified atom stereocenters. The summed E-state index contributed by atoms with van der Waals surface area (Å²) in [6.45, 7) is 0.0336. The van der Waals surface area contributed by atoms with Crippen LogP contribution in [0.15, 0.2) is 24.3 Å². The second kappa shape index (κ2) is 5.31. The molecule has 0 aliphatic heterocycles. The van der Waals surface area contributed by atoms with E-state index in [0.29, 0.717) is 6.42 Å². The maximum Gasteiger partial charge on any atom is 0.404 e. The van der Waals surface area contributed by atoms with Crippen molar-refractivity contribution in [2.75, 3.05) is 6.61 Å². The molecule has 0 radical (unpaired) electrons. The fourth-order valence-electron chi connectivity index (χ4n) is 1.21. The topological polar surface area (TPSA) is 78.3 Å². The van der Waals surface area contributed by atoms with Gasteiger partial charge in [-0.15, -0.1) is 0 Å². The van der Waals surface area contributed by atoms with Crippen molar-refractivity contribution in [3.05, 3.63) is 35.6 Å². The van der Waals surface area contributed by atoms with Gasteiger partial charge in [0.05, 0.1) is 0 Å². The van der Waals surface area contributed by atoms with E-state index in [9.17, 15) is 9.18 Å². The van der Waals surface area contributed by atoms with Gasteiger partial charge in [-0.1, -0.05) is 12.1 Å². The van der Waals surface area contributed by atoms with Crippen molar-refractivity contribution < 1.29 is 13.9 Å². The van der Waals surface area contributed by atoms with Crippen molar-refractivity contribution in [1.82, 2.24) is 0 Å². The molecule has 4 N–H and O–H groups in total. The summed E-state index contributed by atoms with van der Waals surface area (Å²) in [6, 6.07) is 5.73. The number of ether oxygens (including phenoxy) is 1. The van der Waals surface area contributed by atoms with E-state index in [0.717, 1.165) is 5.56 Å². The Hall–Kier alpha value is -1.62. The standard InChI is InChI=1S/C10H13FN2O2/c11-8-3-1-2-7(4-8)5-9(12)6-15-10(13)14/h1-4,9H,5-6,12H2,(H2,13,14). The van der Waals surface area contributed by atoms with Crippen LogP contribution in [-0.2, 0) is 11.2 Å². The quantitative estimate of drug-likeness (QED) is 0.774. The SMILES string of the molecule is NC(=O)OCC(N)Cc1cccc(F)c1. The molecule has 0 aliphatic carbocycles. The van der Waals surface area contributed by atoms with E-state index < -0.39 is 6.09 Å². The number of halogens is 1. The van der Waals surface area contributed by atoms with Crippen LogP contribution < -0.4 is 11.5 Å². The first-order valence-corrected chi connectivity index (χ1v) is 4.50. The number of rotatable bonds is 4. The van der Waals surface area contributed by atoms with Gasteiger partial charge in [-0.25, -0.2) is 9.18 Å². The summed E-state index contributed by atoms with van der Waals surface area (Å²) in [5.41, 5.74) is 11.2. The zero-order valence-electron chi connectivity index (χ0n) is 8.15. The average molecular weight is 212 g/mol. The Bertz CT molecular complexity index is 344. The van der Waals surface area contributed by atoms with Crippen LogP contribution in [0.3, 0.4) is 0 Å². The molecule has 0 fully saturated rings. The number of benzene rings is 1. The van der Waals surface area contributed by atoms with Crippen LogP contribution in [0.4, 0.5) is 9.18 Å². The minimum Gasteiger partial charge on any atom is -0.448 e. The summed E-state index contributed by atoms with van der Waals surface area (Å²) in [5, 5.41) is 0. The summed E-state index contributed by atoms with van der Waals surface area (Å²) in [7, 11) is 0. The second-order valence-electron chi connectivity index (χ2n) is 3.22. The van der Waals surface area contributed by atoms with Gasteiger partial charge in [0.15, 0.2) is 0 Å². The van der Waals surface area contributed by atoms with Gasteiger partial charge in [0.25, 0.3) is 0 Å². The van der Waals surface area contributed by atoms with Gasteiger partial charge in [-0.05, 0) is 24.1 Å². The number of primary amides is 1. The van der Waals surface area contributed by atoms with Gasteiger partial charge in [0.1, 0.15) is 12.4 Å². The maximum atomic E-state index is 12.8. The molecule has 1 aromatic rings. The molecular weight excluding hydrogens is 199 g/mol. The highest BCUT2D eigenvalue weighted by atomic mass is 19.1. The molecule has 0 bridgehead atoms. The van der Waals surface area contributed by atoms with Crippen molar-refractivity contribution >= 4 is 6.09 Å². The van der Waals surface area contributed by atoms with Gasteiger partial charge >= 0.3 is 6.09 Å². The Balaban J connectivity index is 2.44. The molecule has 0 aliphatic rings. The van der Waals surface area contributed by atoms with Crippen molar-refractivity contribution in [3.8, 4) is 0 Å². The highest BCUT2D eigenvalue weighted by Gasteiger charge is 2.06. The van der Waals surface area contributed by atoms with E-state index in [-0.39, 0.29) is 18.5 Å². The van der Waals surface area contributed by atoms with Gasteiger partial charge in [0, 0.05) is 6.04 Å². The first-order chi connectivity index (χ1) is 7.08. The van der Waals surface area contributed by atoms with Crippen LogP contribution in [0.5, 0.6) is 0 Å². The lowest BCUT2D eigenvalue weighted by Gasteiger charge is -2.10. The third-order valence-corrected chi connectivity index (χ3v) is 1.83. The third-order valence-electron chi connectivity index (χ3n) is 1.83. The lowest BCUT2D eigenvalue weighted by Crippen LogP contribution is -2.31. The van der Waals surface area contributed by atoms with Crippen LogP contribution in [0.1, 0.15) is 5.56 Å². The fraction of sp³-hybridized carbons (Fsp3) is 0.300. The molecule has 1 atom stereocenters. The zero-order valence-corrected chi connectivity index (χ0v) is 8.15. The van der Waals surface area contributed by atoms with E-state index in [1.165, 1.54) is 12.1 Å². The highest BCUT2D eigenvalue weighted by Crippen LogP contribution is 2.05. The van der Waals surface area contributed by atoms with Gasteiger partial charge in [-0.3, -0.25) is 0 Å². The Morgan fingerprint density at radius 2 is 2.27 bits per heavy atom. The Morgan fingerprint density at radius 3 is 2.87 bits per heavy atom. The first-order valence-electron chi connectivity index (χ1n) is 4.50. The van der Waals surface area contributed by atoms with Crippen LogP contribution in [0, 0.1) is 5.82 Å². The minimum atomic E-state index is -0.857. The number of amides is 1. The summed E-state index contributed by atoms with van der Waals surface area (Å²) >= 11 is 0. The van der Waals surface area contributed by atoms with E-state index >= 15 is 0 Å². The van der Waals surface area contributed by atoms with Crippen molar-refractivity contribution in [2.45, 2.75) is 12.5 Å². The molecule has 0 heterocycles. The molecule has 4 nitrogen and oxygen atoms in total. The molecule has 1 amide bonds.